The van der Waals surface area contributed by atoms with E-state index in [1.54, 1.807) is 0 Å². The van der Waals surface area contributed by atoms with Crippen molar-refractivity contribution >= 4 is 23.8 Å². The zero-order valence-electron chi connectivity index (χ0n) is 14.2. The van der Waals surface area contributed by atoms with Gasteiger partial charge in [-0.15, -0.1) is 0 Å². The number of aldehydes is 1. The van der Waals surface area contributed by atoms with Crippen LogP contribution in [0.25, 0.3) is 11.1 Å². The highest BCUT2D eigenvalue weighted by atomic mass is 35.5. The highest BCUT2D eigenvalue weighted by Crippen LogP contribution is 2.28. The summed E-state index contributed by atoms with van der Waals surface area (Å²) in [6.45, 7) is 1.27. The van der Waals surface area contributed by atoms with Crippen LogP contribution in [0, 0.1) is 0 Å². The molecular formula is C20H21ClN2O2. The lowest BCUT2D eigenvalue weighted by Gasteiger charge is -2.50. The van der Waals surface area contributed by atoms with Crippen LogP contribution in [-0.2, 0) is 4.79 Å². The number of rotatable bonds is 6. The van der Waals surface area contributed by atoms with Gasteiger partial charge in [0, 0.05) is 30.1 Å². The third kappa shape index (κ3) is 3.75. The van der Waals surface area contributed by atoms with Crippen LogP contribution in [0.4, 0.5) is 0 Å². The van der Waals surface area contributed by atoms with Crippen molar-refractivity contribution in [2.75, 3.05) is 20.1 Å². The smallest absolute Gasteiger partial charge is 0.253 e. The zero-order chi connectivity index (χ0) is 17.9. The van der Waals surface area contributed by atoms with Crippen molar-refractivity contribution in [1.82, 2.24) is 10.2 Å². The van der Waals surface area contributed by atoms with Gasteiger partial charge < -0.3 is 15.0 Å². The molecule has 4 nitrogen and oxygen atoms in total. The number of halogens is 1. The Balaban J connectivity index is 1.66. The number of nitrogens with zero attached hydrogens (tertiary/aromatic N) is 1. The summed E-state index contributed by atoms with van der Waals surface area (Å²) < 4.78 is 0. The second-order valence-electron chi connectivity index (χ2n) is 6.48. The molecule has 0 spiro atoms. The number of likely N-dealkylation sites (tertiary alicyclic amines) is 1. The number of amides is 1. The normalized spacial score (nSPS) is 15.5. The minimum atomic E-state index is -0.125. The van der Waals surface area contributed by atoms with Gasteiger partial charge in [0.05, 0.1) is 5.54 Å². The molecule has 0 saturated carbocycles. The van der Waals surface area contributed by atoms with E-state index in [1.165, 1.54) is 0 Å². The fraction of sp³-hybridized carbons (Fsp3) is 0.300. The van der Waals surface area contributed by atoms with Crippen LogP contribution in [0.2, 0.25) is 5.02 Å². The molecule has 1 fully saturated rings. The van der Waals surface area contributed by atoms with Crippen LogP contribution < -0.4 is 5.32 Å². The lowest BCUT2D eigenvalue weighted by molar-refractivity contribution is -0.108. The van der Waals surface area contributed by atoms with Crippen molar-refractivity contribution < 1.29 is 9.59 Å². The zero-order valence-corrected chi connectivity index (χ0v) is 14.9. The van der Waals surface area contributed by atoms with E-state index in [0.29, 0.717) is 30.1 Å². The monoisotopic (exact) mass is 356 g/mol. The highest BCUT2D eigenvalue weighted by molar-refractivity contribution is 6.30. The summed E-state index contributed by atoms with van der Waals surface area (Å²) >= 11 is 5.92. The number of carbonyl (C=O) groups excluding carboxylic acids is 2. The molecule has 0 bridgehead atoms. The molecule has 3 rings (SSSR count). The van der Waals surface area contributed by atoms with Gasteiger partial charge in [0.25, 0.3) is 5.91 Å². The molecule has 0 aromatic heterocycles. The van der Waals surface area contributed by atoms with Crippen LogP contribution >= 0.6 is 11.6 Å². The Hall–Kier alpha value is -2.17. The van der Waals surface area contributed by atoms with E-state index in [9.17, 15) is 9.59 Å². The van der Waals surface area contributed by atoms with E-state index in [0.717, 1.165) is 23.8 Å². The molecular weight excluding hydrogens is 336 g/mol. The van der Waals surface area contributed by atoms with Gasteiger partial charge in [-0.3, -0.25) is 4.79 Å². The maximum absolute atomic E-state index is 12.6. The van der Waals surface area contributed by atoms with Crippen LogP contribution in [0.3, 0.4) is 0 Å². The summed E-state index contributed by atoms with van der Waals surface area (Å²) in [5.74, 6) is 0.0274. The molecule has 2 aromatic rings. The molecule has 25 heavy (non-hydrogen) atoms. The molecule has 1 heterocycles. The predicted molar refractivity (Wildman–Crippen MR) is 99.9 cm³/mol. The van der Waals surface area contributed by atoms with Crippen molar-refractivity contribution in [2.45, 2.75) is 18.4 Å². The Kier molecular flexibility index (Phi) is 5.21. The number of benzene rings is 2. The second-order valence-corrected chi connectivity index (χ2v) is 6.92. The summed E-state index contributed by atoms with van der Waals surface area (Å²) in [4.78, 5) is 25.0. The molecule has 130 valence electrons. The van der Waals surface area contributed by atoms with Gasteiger partial charge >= 0.3 is 0 Å². The summed E-state index contributed by atoms with van der Waals surface area (Å²) in [7, 11) is 1.88. The number of likely N-dealkylation sites (N-methyl/N-ethyl adjacent to an activating group) is 1. The van der Waals surface area contributed by atoms with Crippen LogP contribution in [0.1, 0.15) is 23.2 Å². The first kappa shape index (κ1) is 17.6. The van der Waals surface area contributed by atoms with E-state index in [4.69, 9.17) is 11.6 Å². The van der Waals surface area contributed by atoms with Gasteiger partial charge in [-0.2, -0.15) is 0 Å². The number of carbonyl (C=O) groups is 2. The van der Waals surface area contributed by atoms with Gasteiger partial charge in [0.2, 0.25) is 0 Å². The molecule has 0 atom stereocenters. The average molecular weight is 357 g/mol. The Morgan fingerprint density at radius 3 is 2.20 bits per heavy atom. The van der Waals surface area contributed by atoms with E-state index in [-0.39, 0.29) is 11.4 Å². The lowest BCUT2D eigenvalue weighted by atomic mass is 9.84. The SMILES string of the molecule is CNC1(CCC=O)CN(C(=O)c2ccc(-c3ccc(Cl)cc3)cc2)C1. The van der Waals surface area contributed by atoms with Crippen LogP contribution in [0.5, 0.6) is 0 Å². The summed E-state index contributed by atoms with van der Waals surface area (Å²) in [6, 6.07) is 15.3. The predicted octanol–water partition coefficient (Wildman–Crippen LogP) is 3.40. The lowest BCUT2D eigenvalue weighted by Crippen LogP contribution is -2.69. The van der Waals surface area contributed by atoms with Crippen LogP contribution in [0.15, 0.2) is 48.5 Å². The molecule has 1 aliphatic heterocycles. The fourth-order valence-electron chi connectivity index (χ4n) is 3.23. The third-order valence-electron chi connectivity index (χ3n) is 4.85. The van der Waals surface area contributed by atoms with Gasteiger partial charge in [-0.25, -0.2) is 0 Å². The summed E-state index contributed by atoms with van der Waals surface area (Å²) in [5, 5.41) is 3.96. The van der Waals surface area contributed by atoms with Gasteiger partial charge in [0.15, 0.2) is 0 Å². The highest BCUT2D eigenvalue weighted by Gasteiger charge is 2.43. The first-order chi connectivity index (χ1) is 12.1. The third-order valence-corrected chi connectivity index (χ3v) is 5.11. The quantitative estimate of drug-likeness (QED) is 0.807. The van der Waals surface area contributed by atoms with Gasteiger partial charge in [-0.1, -0.05) is 35.9 Å². The van der Waals surface area contributed by atoms with Crippen molar-refractivity contribution in [1.29, 1.82) is 0 Å². The topological polar surface area (TPSA) is 49.4 Å². The Bertz CT molecular complexity index is 750. The van der Waals surface area contributed by atoms with Crippen molar-refractivity contribution in [3.8, 4) is 11.1 Å². The minimum absolute atomic E-state index is 0.0274. The summed E-state index contributed by atoms with van der Waals surface area (Å²) in [5.41, 5.74) is 2.67. The Labute approximate surface area is 152 Å². The standard InChI is InChI=1S/C20H21ClN2O2/c1-22-20(11-2-12-24)13-23(14-20)19(25)17-5-3-15(4-6-17)16-7-9-18(21)10-8-16/h3-10,12,22H,2,11,13-14H2,1H3. The van der Waals surface area contributed by atoms with Crippen LogP contribution in [-0.4, -0.2) is 42.8 Å². The number of hydrogen-bond acceptors (Lipinski definition) is 3. The van der Waals surface area contributed by atoms with Crippen molar-refractivity contribution in [3.63, 3.8) is 0 Å². The molecule has 1 amide bonds. The number of nitrogens with one attached hydrogen (secondary N) is 1. The molecule has 2 aromatic carbocycles. The fourth-order valence-corrected chi connectivity index (χ4v) is 3.36. The largest absolute Gasteiger partial charge is 0.335 e. The summed E-state index contributed by atoms with van der Waals surface area (Å²) in [6.07, 6.45) is 2.20. The van der Waals surface area contributed by atoms with E-state index >= 15 is 0 Å². The minimum Gasteiger partial charge on any atom is -0.335 e. The van der Waals surface area contributed by atoms with E-state index < -0.39 is 0 Å². The average Bonchev–Trinajstić information content (AvgIpc) is 2.62. The maximum Gasteiger partial charge on any atom is 0.253 e. The second kappa shape index (κ2) is 7.38. The van der Waals surface area contributed by atoms with Crippen molar-refractivity contribution in [2.24, 2.45) is 0 Å². The molecule has 0 radical (unpaired) electrons. The number of hydrogen-bond donors (Lipinski definition) is 1. The molecule has 0 aliphatic carbocycles. The first-order valence-electron chi connectivity index (χ1n) is 8.35. The maximum atomic E-state index is 12.6. The Morgan fingerprint density at radius 2 is 1.68 bits per heavy atom. The molecule has 1 saturated heterocycles. The van der Waals surface area contributed by atoms with Crippen molar-refractivity contribution in [3.05, 3.63) is 59.1 Å². The Morgan fingerprint density at radius 1 is 1.12 bits per heavy atom. The molecule has 1 aliphatic rings. The molecule has 0 unspecified atom stereocenters. The van der Waals surface area contributed by atoms with Gasteiger partial charge in [0.1, 0.15) is 6.29 Å². The van der Waals surface area contributed by atoms with E-state index in [1.807, 2.05) is 60.5 Å². The molecule has 5 heteroatoms. The molecule has 1 N–H and O–H groups in total. The van der Waals surface area contributed by atoms with E-state index in [2.05, 4.69) is 5.32 Å². The van der Waals surface area contributed by atoms with Gasteiger partial charge in [-0.05, 0) is 48.9 Å². The first-order valence-corrected chi connectivity index (χ1v) is 8.72.